The lowest BCUT2D eigenvalue weighted by molar-refractivity contribution is -0.677. The molecule has 0 amide bonds. The van der Waals surface area contributed by atoms with E-state index in [0.717, 1.165) is 12.8 Å². The summed E-state index contributed by atoms with van der Waals surface area (Å²) in [6, 6.07) is 0.290. The molecule has 0 aromatic carbocycles. The summed E-state index contributed by atoms with van der Waals surface area (Å²) in [7, 11) is -3.97. The minimum atomic E-state index is -6.00. The largest absolute Gasteiger partial charge is 0.673 e. The Hall–Kier alpha value is -1.05. The number of aromatic nitrogens is 2. The lowest BCUT2D eigenvalue weighted by atomic mass is 10.2. The van der Waals surface area contributed by atoms with E-state index in [-0.39, 0.29) is 0 Å². The molecule has 0 aliphatic carbocycles. The molecule has 0 bridgehead atoms. The lowest BCUT2D eigenvalue weighted by Crippen LogP contribution is -2.31. The van der Waals surface area contributed by atoms with Crippen molar-refractivity contribution in [2.24, 2.45) is 12.8 Å². The van der Waals surface area contributed by atoms with Gasteiger partial charge in [-0.15, -0.1) is 0 Å². The summed E-state index contributed by atoms with van der Waals surface area (Å²) in [5.41, 5.74) is 5.64. The number of aromatic amines is 1. The monoisotopic (exact) mass is 241 g/mol. The third kappa shape index (κ3) is 9.51. The van der Waals surface area contributed by atoms with Crippen LogP contribution >= 0.6 is 0 Å². The fourth-order valence-corrected chi connectivity index (χ4v) is 1.05. The Bertz CT molecular complexity index is 292. The van der Waals surface area contributed by atoms with Crippen molar-refractivity contribution in [2.45, 2.75) is 25.8 Å². The number of aryl methyl sites for hydroxylation is 2. The Morgan fingerprint density at radius 2 is 1.94 bits per heavy atom. The highest BCUT2D eigenvalue weighted by atomic mass is 19.5. The molecule has 0 saturated heterocycles. The molecule has 1 aromatic rings. The molecule has 8 heteroatoms. The van der Waals surface area contributed by atoms with Gasteiger partial charge in [0.2, 0.25) is 0 Å². The third-order valence-corrected chi connectivity index (χ3v) is 1.81. The van der Waals surface area contributed by atoms with Crippen molar-refractivity contribution in [3.05, 3.63) is 18.2 Å². The molecule has 16 heavy (non-hydrogen) atoms. The normalized spacial score (nSPS) is 12.9. The van der Waals surface area contributed by atoms with Gasteiger partial charge in [0.05, 0.1) is 13.5 Å². The van der Waals surface area contributed by atoms with E-state index in [0.29, 0.717) is 6.04 Å². The Labute approximate surface area is 91.8 Å². The van der Waals surface area contributed by atoms with Gasteiger partial charge in [0.15, 0.2) is 0 Å². The Kier molecular flexibility index (Phi) is 6.09. The third-order valence-electron chi connectivity index (χ3n) is 1.81. The minimum absolute atomic E-state index is 0.290. The molecule has 1 atom stereocenters. The Morgan fingerprint density at radius 3 is 2.25 bits per heavy atom. The highest BCUT2D eigenvalue weighted by molar-refractivity contribution is 6.50. The van der Waals surface area contributed by atoms with Crippen molar-refractivity contribution < 1.29 is 21.8 Å². The second-order valence-corrected chi connectivity index (χ2v) is 3.53. The SMILES string of the molecule is CC(N)CCc1[nH]cc[n+]1C.F[B-](F)(F)F. The van der Waals surface area contributed by atoms with Crippen LogP contribution in [0.1, 0.15) is 19.2 Å². The second kappa shape index (κ2) is 6.52. The first kappa shape index (κ1) is 15.0. The number of nitrogens with zero attached hydrogens (tertiary/aromatic N) is 1. The summed E-state index contributed by atoms with van der Waals surface area (Å²) >= 11 is 0. The molecular formula is C8H16BF4N3. The van der Waals surface area contributed by atoms with Crippen molar-refractivity contribution in [2.75, 3.05) is 0 Å². The summed E-state index contributed by atoms with van der Waals surface area (Å²) in [4.78, 5) is 3.17. The molecule has 0 spiro atoms. The average molecular weight is 241 g/mol. The van der Waals surface area contributed by atoms with Crippen LogP contribution in [0.3, 0.4) is 0 Å². The summed E-state index contributed by atoms with van der Waals surface area (Å²) < 4.78 is 41.1. The van der Waals surface area contributed by atoms with Crippen molar-refractivity contribution in [3.8, 4) is 0 Å². The maximum Gasteiger partial charge on any atom is 0.673 e. The molecule has 1 aromatic heterocycles. The highest BCUT2D eigenvalue weighted by Gasteiger charge is 2.20. The molecule has 0 saturated carbocycles. The van der Waals surface area contributed by atoms with E-state index in [4.69, 9.17) is 5.73 Å². The van der Waals surface area contributed by atoms with Crippen LogP contribution in [0.25, 0.3) is 0 Å². The van der Waals surface area contributed by atoms with Gasteiger partial charge < -0.3 is 23.0 Å². The predicted molar refractivity (Wildman–Crippen MR) is 54.1 cm³/mol. The topological polar surface area (TPSA) is 45.7 Å². The van der Waals surface area contributed by atoms with E-state index in [2.05, 4.69) is 9.55 Å². The van der Waals surface area contributed by atoms with Crippen LogP contribution in [0.5, 0.6) is 0 Å². The molecule has 1 heterocycles. The minimum Gasteiger partial charge on any atom is -0.418 e. The molecule has 0 aliphatic rings. The summed E-state index contributed by atoms with van der Waals surface area (Å²) in [6.45, 7) is 2.03. The van der Waals surface area contributed by atoms with Crippen molar-refractivity contribution in [3.63, 3.8) is 0 Å². The van der Waals surface area contributed by atoms with Gasteiger partial charge in [0, 0.05) is 6.04 Å². The summed E-state index contributed by atoms with van der Waals surface area (Å²) in [5, 5.41) is 0. The highest BCUT2D eigenvalue weighted by Crippen LogP contribution is 2.06. The van der Waals surface area contributed by atoms with Gasteiger partial charge in [-0.25, -0.2) is 9.55 Å². The van der Waals surface area contributed by atoms with E-state index in [1.807, 2.05) is 26.4 Å². The first-order chi connectivity index (χ1) is 7.20. The molecule has 3 nitrogen and oxygen atoms in total. The van der Waals surface area contributed by atoms with Crippen LogP contribution in [-0.4, -0.2) is 18.3 Å². The number of hydrogen-bond acceptors (Lipinski definition) is 1. The van der Waals surface area contributed by atoms with E-state index in [1.165, 1.54) is 5.82 Å². The van der Waals surface area contributed by atoms with Gasteiger partial charge in [-0.2, -0.15) is 0 Å². The van der Waals surface area contributed by atoms with Gasteiger partial charge in [-0.1, -0.05) is 0 Å². The van der Waals surface area contributed by atoms with Crippen LogP contribution in [0.15, 0.2) is 12.4 Å². The predicted octanol–water partition coefficient (Wildman–Crippen LogP) is 1.42. The number of nitrogens with one attached hydrogen (secondary N) is 1. The zero-order chi connectivity index (χ0) is 12.8. The van der Waals surface area contributed by atoms with Gasteiger partial charge in [-0.05, 0) is 13.3 Å². The van der Waals surface area contributed by atoms with Crippen LogP contribution in [0.4, 0.5) is 17.3 Å². The van der Waals surface area contributed by atoms with Gasteiger partial charge >= 0.3 is 7.25 Å². The Balaban J connectivity index is 0.000000385. The number of hydrogen-bond donors (Lipinski definition) is 2. The van der Waals surface area contributed by atoms with Gasteiger partial charge in [-0.3, -0.25) is 0 Å². The van der Waals surface area contributed by atoms with Crippen LogP contribution in [-0.2, 0) is 13.5 Å². The van der Waals surface area contributed by atoms with Crippen molar-refractivity contribution in [1.82, 2.24) is 4.98 Å². The average Bonchev–Trinajstić information content (AvgIpc) is 2.44. The zero-order valence-electron chi connectivity index (χ0n) is 9.26. The van der Waals surface area contributed by atoms with E-state index in [9.17, 15) is 17.3 Å². The van der Waals surface area contributed by atoms with Crippen LogP contribution < -0.4 is 10.3 Å². The smallest absolute Gasteiger partial charge is 0.418 e. The first-order valence-corrected chi connectivity index (χ1v) is 4.85. The first-order valence-electron chi connectivity index (χ1n) is 4.85. The van der Waals surface area contributed by atoms with Crippen LogP contribution in [0.2, 0.25) is 0 Å². The van der Waals surface area contributed by atoms with E-state index in [1.54, 1.807) is 0 Å². The number of rotatable bonds is 3. The molecule has 0 aliphatic heterocycles. The van der Waals surface area contributed by atoms with Gasteiger partial charge in [0.25, 0.3) is 5.82 Å². The summed E-state index contributed by atoms with van der Waals surface area (Å²) in [6.07, 6.45) is 6.02. The quantitative estimate of drug-likeness (QED) is 0.469. The van der Waals surface area contributed by atoms with Crippen LogP contribution in [0, 0.1) is 0 Å². The fourth-order valence-electron chi connectivity index (χ4n) is 1.05. The summed E-state index contributed by atoms with van der Waals surface area (Å²) in [5.74, 6) is 1.24. The fraction of sp³-hybridized carbons (Fsp3) is 0.625. The van der Waals surface area contributed by atoms with E-state index < -0.39 is 7.25 Å². The maximum absolute atomic E-state index is 9.75. The standard InChI is InChI=1S/C8H15N3.BF4/c1-7(9)3-4-8-10-5-6-11(8)2;2-1(3,4)5/h5-7H,3-4,9H2,1-2H3;/q;-1/p+1. The molecular weight excluding hydrogens is 225 g/mol. The van der Waals surface area contributed by atoms with Crippen molar-refractivity contribution in [1.29, 1.82) is 0 Å². The van der Waals surface area contributed by atoms with Gasteiger partial charge in [0.1, 0.15) is 12.4 Å². The number of nitrogens with two attached hydrogens (primary N) is 1. The Morgan fingerprint density at radius 1 is 1.44 bits per heavy atom. The van der Waals surface area contributed by atoms with Crippen molar-refractivity contribution >= 4 is 7.25 Å². The molecule has 0 radical (unpaired) electrons. The molecule has 0 fully saturated rings. The zero-order valence-corrected chi connectivity index (χ0v) is 9.26. The maximum atomic E-state index is 9.75. The lowest BCUT2D eigenvalue weighted by Gasteiger charge is -2.00. The molecule has 1 rings (SSSR count). The molecule has 1 unspecified atom stereocenters. The number of imidazole rings is 1. The van der Waals surface area contributed by atoms with E-state index >= 15 is 0 Å². The second-order valence-electron chi connectivity index (χ2n) is 3.53. The number of H-pyrrole nitrogens is 1. The molecule has 94 valence electrons. The number of halogens is 4. The molecule has 3 N–H and O–H groups in total.